The van der Waals surface area contributed by atoms with Crippen molar-refractivity contribution in [3.05, 3.63) is 83.9 Å². The van der Waals surface area contributed by atoms with Crippen molar-refractivity contribution in [1.82, 2.24) is 4.90 Å². The number of piperidine rings is 1. The van der Waals surface area contributed by atoms with E-state index < -0.39 is 0 Å². The molecule has 1 amide bonds. The summed E-state index contributed by atoms with van der Waals surface area (Å²) in [6, 6.07) is 18.7. The smallest absolute Gasteiger partial charge is 0.410 e. The van der Waals surface area contributed by atoms with Crippen LogP contribution in [0.15, 0.2) is 67.3 Å². The molecule has 0 aliphatic carbocycles. The fourth-order valence-corrected chi connectivity index (χ4v) is 4.16. The minimum Gasteiger partial charge on any atom is -0.445 e. The third-order valence-corrected chi connectivity index (χ3v) is 5.57. The summed E-state index contributed by atoms with van der Waals surface area (Å²) >= 11 is 0. The predicted molar refractivity (Wildman–Crippen MR) is 109 cm³/mol. The Bertz CT molecular complexity index is 838. The summed E-state index contributed by atoms with van der Waals surface area (Å²) in [6.07, 6.45) is 8.04. The van der Waals surface area contributed by atoms with Crippen LogP contribution >= 0.6 is 0 Å². The molecule has 0 radical (unpaired) electrons. The molecule has 2 aliphatic heterocycles. The topological polar surface area (TPSA) is 29.5 Å². The van der Waals surface area contributed by atoms with Gasteiger partial charge in [-0.1, -0.05) is 73.3 Å². The zero-order valence-electron chi connectivity index (χ0n) is 15.5. The van der Waals surface area contributed by atoms with E-state index in [2.05, 4.69) is 36.9 Å². The molecule has 1 fully saturated rings. The highest BCUT2D eigenvalue weighted by molar-refractivity contribution is 5.75. The van der Waals surface area contributed by atoms with E-state index in [0.717, 1.165) is 36.8 Å². The second kappa shape index (κ2) is 7.83. The molecule has 2 atom stereocenters. The van der Waals surface area contributed by atoms with Crippen molar-refractivity contribution in [3.8, 4) is 0 Å². The van der Waals surface area contributed by atoms with Crippen LogP contribution in [0.3, 0.4) is 0 Å². The molecule has 138 valence electrons. The first-order chi connectivity index (χ1) is 13.2. The normalized spacial score (nSPS) is 21.3. The number of carbonyl (C=O) groups is 1. The van der Waals surface area contributed by atoms with Gasteiger partial charge in [0.25, 0.3) is 0 Å². The first-order valence-electron chi connectivity index (χ1n) is 9.67. The molecule has 2 bridgehead atoms. The Labute approximate surface area is 161 Å². The lowest BCUT2D eigenvalue weighted by Gasteiger charge is -2.44. The predicted octanol–water partition coefficient (Wildman–Crippen LogP) is 5.68. The second-order valence-electron chi connectivity index (χ2n) is 7.32. The lowest BCUT2D eigenvalue weighted by atomic mass is 9.83. The number of fused-ring (bicyclic) bond motifs is 2. The van der Waals surface area contributed by atoms with Crippen LogP contribution in [0.4, 0.5) is 4.79 Å². The number of ether oxygens (including phenoxy) is 1. The molecule has 4 rings (SSSR count). The van der Waals surface area contributed by atoms with Gasteiger partial charge in [-0.25, -0.2) is 4.79 Å². The van der Waals surface area contributed by atoms with E-state index in [1.54, 1.807) is 0 Å². The van der Waals surface area contributed by atoms with Gasteiger partial charge < -0.3 is 4.74 Å². The van der Waals surface area contributed by atoms with Crippen molar-refractivity contribution in [3.63, 3.8) is 0 Å². The molecule has 1 saturated heterocycles. The summed E-state index contributed by atoms with van der Waals surface area (Å²) in [7, 11) is 0. The number of benzene rings is 2. The van der Waals surface area contributed by atoms with E-state index in [4.69, 9.17) is 4.74 Å². The summed E-state index contributed by atoms with van der Waals surface area (Å²) < 4.78 is 5.62. The molecule has 3 heteroatoms. The first-order valence-corrected chi connectivity index (χ1v) is 9.67. The van der Waals surface area contributed by atoms with E-state index in [9.17, 15) is 4.79 Å². The maximum absolute atomic E-state index is 12.8. The van der Waals surface area contributed by atoms with Crippen LogP contribution in [0, 0.1) is 0 Å². The Morgan fingerprint density at radius 2 is 1.89 bits per heavy atom. The largest absolute Gasteiger partial charge is 0.445 e. The van der Waals surface area contributed by atoms with E-state index >= 15 is 0 Å². The number of hydrogen-bond acceptors (Lipinski definition) is 2. The summed E-state index contributed by atoms with van der Waals surface area (Å²) in [5.41, 5.74) is 4.73. The van der Waals surface area contributed by atoms with Gasteiger partial charge in [-0.2, -0.15) is 0 Å². The molecule has 2 unspecified atom stereocenters. The van der Waals surface area contributed by atoms with Crippen molar-refractivity contribution >= 4 is 17.7 Å². The lowest BCUT2D eigenvalue weighted by Crippen LogP contribution is -2.51. The van der Waals surface area contributed by atoms with Crippen LogP contribution in [-0.4, -0.2) is 23.1 Å². The summed E-state index contributed by atoms with van der Waals surface area (Å²) in [4.78, 5) is 14.7. The van der Waals surface area contributed by atoms with Crippen molar-refractivity contribution < 1.29 is 9.53 Å². The highest BCUT2D eigenvalue weighted by Gasteiger charge is 2.38. The molecule has 0 spiro atoms. The number of hydrogen-bond donors (Lipinski definition) is 0. The third kappa shape index (κ3) is 3.82. The molecule has 0 saturated carbocycles. The van der Waals surface area contributed by atoms with Gasteiger partial charge in [0.2, 0.25) is 0 Å². The van der Waals surface area contributed by atoms with Crippen LogP contribution in [0.25, 0.3) is 11.6 Å². The van der Waals surface area contributed by atoms with Gasteiger partial charge in [0.15, 0.2) is 0 Å². The Hall–Kier alpha value is -2.81. The number of carbonyl (C=O) groups excluding carboxylic acids is 1. The van der Waals surface area contributed by atoms with Crippen molar-refractivity contribution in [1.29, 1.82) is 0 Å². The molecule has 27 heavy (non-hydrogen) atoms. The minimum atomic E-state index is -0.189. The van der Waals surface area contributed by atoms with Crippen LogP contribution in [0.5, 0.6) is 0 Å². The van der Waals surface area contributed by atoms with Gasteiger partial charge in [0, 0.05) is 6.04 Å². The molecule has 2 heterocycles. The monoisotopic (exact) mass is 359 g/mol. The summed E-state index contributed by atoms with van der Waals surface area (Å²) in [5, 5.41) is 0. The van der Waals surface area contributed by atoms with Crippen LogP contribution in [0.2, 0.25) is 0 Å². The molecule has 3 nitrogen and oxygen atoms in total. The van der Waals surface area contributed by atoms with Gasteiger partial charge in [-0.3, -0.25) is 4.90 Å². The molecular weight excluding hydrogens is 334 g/mol. The zero-order chi connectivity index (χ0) is 18.6. The fourth-order valence-electron chi connectivity index (χ4n) is 4.16. The van der Waals surface area contributed by atoms with Crippen LogP contribution in [-0.2, 0) is 11.3 Å². The van der Waals surface area contributed by atoms with Crippen molar-refractivity contribution in [2.24, 2.45) is 0 Å². The molecule has 2 aromatic carbocycles. The standard InChI is InChI=1S/C24H25NO2/c1-2-18-11-13-20(14-12-18)21-15-22-9-6-10-23(16-21)25(22)24(26)27-17-19-7-4-3-5-8-19/h2-5,7-8,11-15,22-23H,1,6,9-10,16-17H2. The number of rotatable bonds is 4. The number of nitrogens with zero attached hydrogens (tertiary/aromatic N) is 1. The Morgan fingerprint density at radius 3 is 2.59 bits per heavy atom. The molecular formula is C24H25NO2. The molecule has 2 aromatic rings. The second-order valence-corrected chi connectivity index (χ2v) is 7.32. The maximum Gasteiger partial charge on any atom is 0.410 e. The summed E-state index contributed by atoms with van der Waals surface area (Å²) in [6.45, 7) is 4.14. The third-order valence-electron chi connectivity index (χ3n) is 5.57. The highest BCUT2D eigenvalue weighted by Crippen LogP contribution is 2.37. The van der Waals surface area contributed by atoms with Crippen molar-refractivity contribution in [2.45, 2.75) is 44.4 Å². The Kier molecular flexibility index (Phi) is 5.10. The molecule has 0 aromatic heterocycles. The van der Waals surface area contributed by atoms with Gasteiger partial charge in [0.05, 0.1) is 6.04 Å². The molecule has 0 N–H and O–H groups in total. The fraction of sp³-hybridized carbons (Fsp3) is 0.292. The lowest BCUT2D eigenvalue weighted by molar-refractivity contribution is 0.0510. The zero-order valence-corrected chi connectivity index (χ0v) is 15.5. The highest BCUT2D eigenvalue weighted by atomic mass is 16.6. The van der Waals surface area contributed by atoms with E-state index in [-0.39, 0.29) is 18.2 Å². The van der Waals surface area contributed by atoms with Gasteiger partial charge in [-0.15, -0.1) is 0 Å². The quantitative estimate of drug-likeness (QED) is 0.703. The average Bonchev–Trinajstić information content (AvgIpc) is 2.72. The van der Waals surface area contributed by atoms with Gasteiger partial charge >= 0.3 is 6.09 Å². The van der Waals surface area contributed by atoms with E-state index in [1.165, 1.54) is 11.1 Å². The van der Waals surface area contributed by atoms with Crippen LogP contribution < -0.4 is 0 Å². The van der Waals surface area contributed by atoms with Gasteiger partial charge in [-0.05, 0) is 47.9 Å². The maximum atomic E-state index is 12.8. The SMILES string of the molecule is C=Cc1ccc(C2=CC3CCCC(C2)N3C(=O)OCc2ccccc2)cc1. The Morgan fingerprint density at radius 1 is 1.11 bits per heavy atom. The van der Waals surface area contributed by atoms with Gasteiger partial charge in [0.1, 0.15) is 6.61 Å². The first kappa shape index (κ1) is 17.6. The van der Waals surface area contributed by atoms with E-state index in [1.807, 2.05) is 41.3 Å². The minimum absolute atomic E-state index is 0.134. The van der Waals surface area contributed by atoms with E-state index in [0.29, 0.717) is 6.61 Å². The van der Waals surface area contributed by atoms with Crippen molar-refractivity contribution in [2.75, 3.05) is 0 Å². The molecule has 2 aliphatic rings. The summed E-state index contributed by atoms with van der Waals surface area (Å²) in [5.74, 6) is 0. The average molecular weight is 359 g/mol. The van der Waals surface area contributed by atoms with Crippen LogP contribution in [0.1, 0.15) is 42.4 Å². The Balaban J connectivity index is 1.49. The number of amides is 1.